The number of unbranched alkanes of at least 4 members (excludes halogenated alkanes) is 1. The number of aryl methyl sites for hydroxylation is 2. The number of esters is 1. The van der Waals surface area contributed by atoms with Crippen molar-refractivity contribution in [2.45, 2.75) is 44.4 Å². The smallest absolute Gasteiger partial charge is 0.305 e. The molecule has 0 aliphatic heterocycles. The molecule has 0 aliphatic carbocycles. The molecule has 0 amide bonds. The molecule has 1 aromatic heterocycles. The third-order valence-electron chi connectivity index (χ3n) is 4.75. The molecule has 0 saturated carbocycles. The van der Waals surface area contributed by atoms with Gasteiger partial charge in [-0.15, -0.1) is 0 Å². The third-order valence-corrected chi connectivity index (χ3v) is 6.45. The van der Waals surface area contributed by atoms with E-state index in [1.54, 1.807) is 37.4 Å². The summed E-state index contributed by atoms with van der Waals surface area (Å²) in [6, 6.07) is 14.4. The Kier molecular flexibility index (Phi) is 6.19. The van der Waals surface area contributed by atoms with Gasteiger partial charge in [-0.05, 0) is 62.9 Å². The molecule has 0 unspecified atom stereocenters. The zero-order valence-corrected chi connectivity index (χ0v) is 17.0. The lowest BCUT2D eigenvalue weighted by molar-refractivity contribution is -0.143. The van der Waals surface area contributed by atoms with Crippen LogP contribution in [0.5, 0.6) is 0 Å². The van der Waals surface area contributed by atoms with Crippen LogP contribution in [0.25, 0.3) is 10.9 Å². The van der Waals surface area contributed by atoms with Crippen LogP contribution in [0.15, 0.2) is 59.6 Å². The van der Waals surface area contributed by atoms with Crippen molar-refractivity contribution in [3.63, 3.8) is 0 Å². The molecule has 0 N–H and O–H groups in total. The minimum Gasteiger partial charge on any atom is -0.466 e. The standard InChI is InChI=1S/C22H25NO4S/c1-3-27-22(24)10-5-4-7-18-8-6-9-21-20(18)15-16-23(21)28(25,26)19-13-11-17(2)12-14-19/h6,8-9,11-16H,3-5,7,10H2,1-2H3. The van der Waals surface area contributed by atoms with Crippen LogP contribution in [-0.4, -0.2) is 25.0 Å². The van der Waals surface area contributed by atoms with E-state index < -0.39 is 10.0 Å². The largest absolute Gasteiger partial charge is 0.466 e. The molecule has 0 bridgehead atoms. The highest BCUT2D eigenvalue weighted by Gasteiger charge is 2.19. The molecule has 3 rings (SSSR count). The molecule has 2 aromatic carbocycles. The molecular weight excluding hydrogens is 374 g/mol. The predicted molar refractivity (Wildman–Crippen MR) is 110 cm³/mol. The summed E-state index contributed by atoms with van der Waals surface area (Å²) in [6.07, 6.45) is 4.39. The molecule has 0 atom stereocenters. The maximum atomic E-state index is 13.0. The van der Waals surface area contributed by atoms with Gasteiger partial charge in [0.05, 0.1) is 17.0 Å². The van der Waals surface area contributed by atoms with Gasteiger partial charge in [0.15, 0.2) is 0 Å². The Hall–Kier alpha value is -2.60. The number of ether oxygens (including phenoxy) is 1. The number of carbonyl (C=O) groups is 1. The Morgan fingerprint density at radius 3 is 2.50 bits per heavy atom. The third kappa shape index (κ3) is 4.28. The van der Waals surface area contributed by atoms with Gasteiger partial charge in [-0.2, -0.15) is 0 Å². The summed E-state index contributed by atoms with van der Waals surface area (Å²) in [7, 11) is -3.64. The van der Waals surface area contributed by atoms with Gasteiger partial charge < -0.3 is 4.74 Å². The lowest BCUT2D eigenvalue weighted by atomic mass is 10.0. The van der Waals surface area contributed by atoms with Crippen molar-refractivity contribution in [1.82, 2.24) is 3.97 Å². The van der Waals surface area contributed by atoms with Crippen LogP contribution >= 0.6 is 0 Å². The fraction of sp³-hybridized carbons (Fsp3) is 0.318. The fourth-order valence-electron chi connectivity index (χ4n) is 3.28. The van der Waals surface area contributed by atoms with Gasteiger partial charge in [-0.1, -0.05) is 29.8 Å². The highest BCUT2D eigenvalue weighted by molar-refractivity contribution is 7.90. The van der Waals surface area contributed by atoms with E-state index in [-0.39, 0.29) is 10.9 Å². The van der Waals surface area contributed by atoms with Crippen LogP contribution in [-0.2, 0) is 26.0 Å². The lowest BCUT2D eigenvalue weighted by Crippen LogP contribution is -2.11. The van der Waals surface area contributed by atoms with Crippen molar-refractivity contribution in [3.05, 3.63) is 65.9 Å². The molecular formula is C22H25NO4S. The summed E-state index contributed by atoms with van der Waals surface area (Å²) in [5.41, 5.74) is 2.77. The molecule has 0 spiro atoms. The first-order valence-electron chi connectivity index (χ1n) is 9.50. The minimum atomic E-state index is -3.64. The van der Waals surface area contributed by atoms with Crippen LogP contribution in [0.1, 0.15) is 37.3 Å². The first-order chi connectivity index (χ1) is 13.4. The van der Waals surface area contributed by atoms with Crippen LogP contribution in [0, 0.1) is 6.92 Å². The summed E-state index contributed by atoms with van der Waals surface area (Å²) in [5.74, 6) is -0.170. The molecule has 0 saturated heterocycles. The number of hydrogen-bond acceptors (Lipinski definition) is 4. The topological polar surface area (TPSA) is 65.4 Å². The van der Waals surface area contributed by atoms with Crippen molar-refractivity contribution in [1.29, 1.82) is 0 Å². The van der Waals surface area contributed by atoms with Crippen molar-refractivity contribution in [2.24, 2.45) is 0 Å². The van der Waals surface area contributed by atoms with Gasteiger partial charge in [-0.3, -0.25) is 4.79 Å². The van der Waals surface area contributed by atoms with Crippen LogP contribution in [0.3, 0.4) is 0 Å². The van der Waals surface area contributed by atoms with Crippen LogP contribution < -0.4 is 0 Å². The number of rotatable bonds is 8. The highest BCUT2D eigenvalue weighted by Crippen LogP contribution is 2.26. The van der Waals surface area contributed by atoms with E-state index >= 15 is 0 Å². The van der Waals surface area contributed by atoms with Crippen LogP contribution in [0.2, 0.25) is 0 Å². The van der Waals surface area contributed by atoms with Gasteiger partial charge in [0.25, 0.3) is 10.0 Å². The second kappa shape index (κ2) is 8.61. The van der Waals surface area contributed by atoms with E-state index in [1.165, 1.54) is 3.97 Å². The van der Waals surface area contributed by atoms with Crippen molar-refractivity contribution in [2.75, 3.05) is 6.61 Å². The predicted octanol–water partition coefficient (Wildman–Crippen LogP) is 4.46. The minimum absolute atomic E-state index is 0.170. The van der Waals surface area contributed by atoms with Gasteiger partial charge >= 0.3 is 5.97 Å². The molecule has 148 valence electrons. The number of carbonyl (C=O) groups excluding carboxylic acids is 1. The summed E-state index contributed by atoms with van der Waals surface area (Å²) in [5, 5.41) is 0.925. The summed E-state index contributed by atoms with van der Waals surface area (Å²) in [4.78, 5) is 11.7. The number of fused-ring (bicyclic) bond motifs is 1. The van der Waals surface area contributed by atoms with E-state index in [2.05, 4.69) is 0 Å². The molecule has 1 heterocycles. The number of benzene rings is 2. The molecule has 0 fully saturated rings. The quantitative estimate of drug-likeness (QED) is 0.414. The normalized spacial score (nSPS) is 11.6. The van der Waals surface area contributed by atoms with E-state index in [0.29, 0.717) is 18.5 Å². The zero-order chi connectivity index (χ0) is 20.1. The van der Waals surface area contributed by atoms with Gasteiger partial charge in [0.2, 0.25) is 0 Å². The molecule has 0 aliphatic rings. The molecule has 5 nitrogen and oxygen atoms in total. The van der Waals surface area contributed by atoms with Crippen molar-refractivity contribution in [3.8, 4) is 0 Å². The monoisotopic (exact) mass is 399 g/mol. The average Bonchev–Trinajstić information content (AvgIpc) is 3.11. The summed E-state index contributed by atoms with van der Waals surface area (Å²) >= 11 is 0. The first kappa shape index (κ1) is 20.1. The van der Waals surface area contributed by atoms with E-state index in [9.17, 15) is 13.2 Å². The van der Waals surface area contributed by atoms with E-state index in [1.807, 2.05) is 31.2 Å². The summed E-state index contributed by atoms with van der Waals surface area (Å²) < 4.78 is 32.4. The Bertz CT molecular complexity index is 1070. The number of nitrogens with zero attached hydrogens (tertiary/aromatic N) is 1. The molecule has 6 heteroatoms. The Labute approximate surface area is 166 Å². The van der Waals surface area contributed by atoms with Crippen molar-refractivity contribution >= 4 is 26.9 Å². The Balaban J connectivity index is 1.81. The summed E-state index contributed by atoms with van der Waals surface area (Å²) in [6.45, 7) is 4.13. The van der Waals surface area contributed by atoms with Crippen molar-refractivity contribution < 1.29 is 17.9 Å². The van der Waals surface area contributed by atoms with E-state index in [0.717, 1.165) is 35.8 Å². The second-order valence-electron chi connectivity index (χ2n) is 6.79. The van der Waals surface area contributed by atoms with E-state index in [4.69, 9.17) is 4.74 Å². The Morgan fingerprint density at radius 1 is 1.04 bits per heavy atom. The first-order valence-corrected chi connectivity index (χ1v) is 10.9. The van der Waals surface area contributed by atoms with Gasteiger partial charge in [-0.25, -0.2) is 12.4 Å². The molecule has 28 heavy (non-hydrogen) atoms. The number of hydrogen-bond donors (Lipinski definition) is 0. The van der Waals surface area contributed by atoms with Gasteiger partial charge in [0.1, 0.15) is 0 Å². The molecule has 3 aromatic rings. The van der Waals surface area contributed by atoms with Gasteiger partial charge in [0, 0.05) is 18.0 Å². The molecule has 0 radical (unpaired) electrons. The average molecular weight is 400 g/mol. The number of aromatic nitrogens is 1. The zero-order valence-electron chi connectivity index (χ0n) is 16.2. The lowest BCUT2D eigenvalue weighted by Gasteiger charge is -2.09. The highest BCUT2D eigenvalue weighted by atomic mass is 32.2. The SMILES string of the molecule is CCOC(=O)CCCCc1cccc2c1ccn2S(=O)(=O)c1ccc(C)cc1. The second-order valence-corrected chi connectivity index (χ2v) is 8.61. The Morgan fingerprint density at radius 2 is 1.79 bits per heavy atom. The fourth-order valence-corrected chi connectivity index (χ4v) is 4.62. The van der Waals surface area contributed by atoms with Crippen LogP contribution in [0.4, 0.5) is 0 Å². The maximum Gasteiger partial charge on any atom is 0.305 e. The maximum absolute atomic E-state index is 13.0.